The fourth-order valence-corrected chi connectivity index (χ4v) is 6.53. The van der Waals surface area contributed by atoms with Crippen LogP contribution in [0.3, 0.4) is 0 Å². The van der Waals surface area contributed by atoms with E-state index in [0.29, 0.717) is 41.9 Å². The first-order valence-electron chi connectivity index (χ1n) is 10.8. The minimum absolute atomic E-state index is 0.0193. The van der Waals surface area contributed by atoms with E-state index in [1.165, 1.54) is 10.4 Å². The van der Waals surface area contributed by atoms with Gasteiger partial charge in [-0.05, 0) is 37.0 Å². The molecule has 0 aromatic carbocycles. The molecule has 1 saturated heterocycles. The van der Waals surface area contributed by atoms with E-state index in [1.54, 1.807) is 29.3 Å². The second kappa shape index (κ2) is 9.41. The van der Waals surface area contributed by atoms with Gasteiger partial charge in [-0.3, -0.25) is 9.59 Å². The molecule has 0 bridgehead atoms. The van der Waals surface area contributed by atoms with E-state index in [9.17, 15) is 9.59 Å². The molecule has 1 fully saturated rings. The van der Waals surface area contributed by atoms with Crippen LogP contribution in [0.25, 0.3) is 10.2 Å². The molecule has 0 unspecified atom stereocenters. The average molecular weight is 490 g/mol. The zero-order valence-electron chi connectivity index (χ0n) is 17.6. The van der Waals surface area contributed by atoms with Crippen molar-refractivity contribution in [3.05, 3.63) is 50.0 Å². The number of thiophene rings is 1. The maximum absolute atomic E-state index is 12.6. The zero-order valence-corrected chi connectivity index (χ0v) is 20.0. The third-order valence-electron chi connectivity index (χ3n) is 5.99. The number of halogens is 1. The van der Waals surface area contributed by atoms with Gasteiger partial charge in [0.2, 0.25) is 5.91 Å². The summed E-state index contributed by atoms with van der Waals surface area (Å²) >= 11 is 9.20. The van der Waals surface area contributed by atoms with E-state index in [2.05, 4.69) is 19.9 Å². The molecule has 1 N–H and O–H groups in total. The van der Waals surface area contributed by atoms with Gasteiger partial charge in [-0.25, -0.2) is 9.97 Å². The van der Waals surface area contributed by atoms with Crippen LogP contribution in [0, 0.1) is 0 Å². The number of carbonyl (C=O) groups is 1. The maximum atomic E-state index is 12.6. The van der Waals surface area contributed by atoms with Crippen molar-refractivity contribution in [3.63, 3.8) is 0 Å². The van der Waals surface area contributed by atoms with Crippen molar-refractivity contribution in [1.82, 2.24) is 19.9 Å². The number of nitrogens with one attached hydrogen (secondary N) is 1. The molecular formula is C22H24ClN5O2S2. The Morgan fingerprint density at radius 2 is 2.06 bits per heavy atom. The topological polar surface area (TPSA) is 82.2 Å². The minimum atomic E-state index is -0.0193. The van der Waals surface area contributed by atoms with Gasteiger partial charge in [-0.15, -0.1) is 11.3 Å². The molecule has 3 aromatic rings. The molecule has 7 nitrogen and oxygen atoms in total. The maximum Gasteiger partial charge on any atom is 0.259 e. The summed E-state index contributed by atoms with van der Waals surface area (Å²) in [5.41, 5.74) is 1.18. The fourth-order valence-electron chi connectivity index (χ4n) is 4.34. The SMILES string of the molecule is O=C(CCSCc1nc2sc3c(c2c(=O)[nH]1)CCC3)N1CCN(c2ccc(Cl)cn2)CC1. The molecule has 2 aliphatic rings. The van der Waals surface area contributed by atoms with Gasteiger partial charge >= 0.3 is 0 Å². The third kappa shape index (κ3) is 4.51. The van der Waals surface area contributed by atoms with Crippen LogP contribution in [0.5, 0.6) is 0 Å². The molecule has 168 valence electrons. The summed E-state index contributed by atoms with van der Waals surface area (Å²) in [4.78, 5) is 43.4. The lowest BCUT2D eigenvalue weighted by molar-refractivity contribution is -0.131. The summed E-state index contributed by atoms with van der Waals surface area (Å²) in [5, 5.41) is 1.41. The number of hydrogen-bond donors (Lipinski definition) is 1. The zero-order chi connectivity index (χ0) is 22.1. The molecule has 0 atom stereocenters. The number of amides is 1. The lowest BCUT2D eigenvalue weighted by atomic mass is 10.2. The van der Waals surface area contributed by atoms with Crippen LogP contribution in [0.2, 0.25) is 5.02 Å². The number of anilines is 1. The smallest absolute Gasteiger partial charge is 0.259 e. The minimum Gasteiger partial charge on any atom is -0.353 e. The summed E-state index contributed by atoms with van der Waals surface area (Å²) in [6.45, 7) is 2.93. The average Bonchev–Trinajstić information content (AvgIpc) is 3.38. The number of piperazine rings is 1. The molecule has 5 rings (SSSR count). The van der Waals surface area contributed by atoms with E-state index < -0.39 is 0 Å². The van der Waals surface area contributed by atoms with E-state index in [0.717, 1.165) is 48.4 Å². The van der Waals surface area contributed by atoms with Crippen LogP contribution >= 0.6 is 34.7 Å². The van der Waals surface area contributed by atoms with Gasteiger partial charge in [0, 0.05) is 49.4 Å². The number of fused-ring (bicyclic) bond motifs is 3. The Labute approximate surface area is 199 Å². The molecule has 1 aliphatic heterocycles. The molecule has 0 saturated carbocycles. The van der Waals surface area contributed by atoms with Gasteiger partial charge in [-0.1, -0.05) is 11.6 Å². The normalized spacial score (nSPS) is 16.0. The van der Waals surface area contributed by atoms with E-state index in [-0.39, 0.29) is 11.5 Å². The first-order chi connectivity index (χ1) is 15.6. The van der Waals surface area contributed by atoms with E-state index >= 15 is 0 Å². The molecule has 1 aliphatic carbocycles. The lowest BCUT2D eigenvalue weighted by Crippen LogP contribution is -2.49. The number of rotatable bonds is 6. The Bertz CT molecular complexity index is 1190. The van der Waals surface area contributed by atoms with Crippen LogP contribution in [-0.4, -0.2) is 57.7 Å². The highest BCUT2D eigenvalue weighted by molar-refractivity contribution is 7.98. The Morgan fingerprint density at radius 1 is 1.22 bits per heavy atom. The van der Waals surface area contributed by atoms with Crippen molar-refractivity contribution in [3.8, 4) is 0 Å². The Kier molecular flexibility index (Phi) is 6.39. The standard InChI is InChI=1S/C22H24ClN5O2S2/c23-14-4-5-18(24-12-14)27-7-9-28(10-8-27)19(29)6-11-31-13-17-25-21(30)20-15-2-1-3-16(15)32-22(20)26-17/h4-5,12H,1-3,6-11,13H2,(H,25,26,30). The second-order valence-corrected chi connectivity index (χ2v) is 10.7. The molecule has 32 heavy (non-hydrogen) atoms. The number of H-pyrrole nitrogens is 1. The molecule has 0 radical (unpaired) electrons. The van der Waals surface area contributed by atoms with Crippen LogP contribution in [0.4, 0.5) is 5.82 Å². The monoisotopic (exact) mass is 489 g/mol. The van der Waals surface area contributed by atoms with Crippen LogP contribution in [0.1, 0.15) is 29.1 Å². The van der Waals surface area contributed by atoms with Crippen molar-refractivity contribution < 1.29 is 4.79 Å². The molecular weight excluding hydrogens is 466 g/mol. The summed E-state index contributed by atoms with van der Waals surface area (Å²) in [7, 11) is 0. The van der Waals surface area contributed by atoms with Crippen LogP contribution < -0.4 is 10.5 Å². The predicted octanol–water partition coefficient (Wildman–Crippen LogP) is 3.49. The summed E-state index contributed by atoms with van der Waals surface area (Å²) in [5.74, 6) is 3.08. The highest BCUT2D eigenvalue weighted by Crippen LogP contribution is 2.34. The molecule has 0 spiro atoms. The van der Waals surface area contributed by atoms with Crippen LogP contribution in [-0.2, 0) is 23.4 Å². The van der Waals surface area contributed by atoms with Crippen molar-refractivity contribution in [2.24, 2.45) is 0 Å². The van der Waals surface area contributed by atoms with Gasteiger partial charge in [0.1, 0.15) is 16.5 Å². The quantitative estimate of drug-likeness (QED) is 0.534. The van der Waals surface area contributed by atoms with E-state index in [4.69, 9.17) is 11.6 Å². The number of aromatic amines is 1. The van der Waals surface area contributed by atoms with Gasteiger partial charge in [0.25, 0.3) is 5.56 Å². The van der Waals surface area contributed by atoms with Gasteiger partial charge in [0.05, 0.1) is 16.2 Å². The van der Waals surface area contributed by atoms with Crippen molar-refractivity contribution >= 4 is 56.6 Å². The van der Waals surface area contributed by atoms with Gasteiger partial charge in [0.15, 0.2) is 0 Å². The predicted molar refractivity (Wildman–Crippen MR) is 131 cm³/mol. The summed E-state index contributed by atoms with van der Waals surface area (Å²) in [6.07, 6.45) is 5.32. The van der Waals surface area contributed by atoms with Gasteiger partial charge < -0.3 is 14.8 Å². The van der Waals surface area contributed by atoms with Gasteiger partial charge in [-0.2, -0.15) is 11.8 Å². The molecule has 10 heteroatoms. The largest absolute Gasteiger partial charge is 0.353 e. The molecule has 4 heterocycles. The number of aromatic nitrogens is 3. The third-order valence-corrected chi connectivity index (χ3v) is 8.37. The second-order valence-electron chi connectivity index (χ2n) is 8.06. The lowest BCUT2D eigenvalue weighted by Gasteiger charge is -2.35. The summed E-state index contributed by atoms with van der Waals surface area (Å²) < 4.78 is 0. The Morgan fingerprint density at radius 3 is 2.84 bits per heavy atom. The number of carbonyl (C=O) groups excluding carboxylic acids is 1. The van der Waals surface area contributed by atoms with E-state index in [1.807, 2.05) is 17.0 Å². The molecule has 1 amide bonds. The number of pyridine rings is 1. The van der Waals surface area contributed by atoms with Crippen molar-refractivity contribution in [2.45, 2.75) is 31.4 Å². The Hall–Kier alpha value is -2.10. The fraction of sp³-hybridized carbons (Fsp3) is 0.455. The first kappa shape index (κ1) is 21.7. The van der Waals surface area contributed by atoms with Crippen molar-refractivity contribution in [1.29, 1.82) is 0 Å². The van der Waals surface area contributed by atoms with Crippen LogP contribution in [0.15, 0.2) is 23.1 Å². The highest BCUT2D eigenvalue weighted by atomic mass is 35.5. The summed E-state index contributed by atoms with van der Waals surface area (Å²) in [6, 6.07) is 3.75. The number of hydrogen-bond acceptors (Lipinski definition) is 7. The first-order valence-corrected chi connectivity index (χ1v) is 13.2. The number of nitrogens with zero attached hydrogens (tertiary/aromatic N) is 4. The molecule has 3 aromatic heterocycles. The Balaban J connectivity index is 1.09. The number of thioether (sulfide) groups is 1. The number of aryl methyl sites for hydroxylation is 2. The van der Waals surface area contributed by atoms with Crippen molar-refractivity contribution in [2.75, 3.05) is 36.8 Å². The highest BCUT2D eigenvalue weighted by Gasteiger charge is 2.22.